The SMILES string of the molecule is Nc1ccc(C(=O)N(CC2CCOC2)C2CC2)c(F)c1. The van der Waals surface area contributed by atoms with Gasteiger partial charge in [0, 0.05) is 30.8 Å². The molecule has 108 valence electrons. The van der Waals surface area contributed by atoms with Gasteiger partial charge in [-0.15, -0.1) is 0 Å². The van der Waals surface area contributed by atoms with E-state index >= 15 is 0 Å². The minimum Gasteiger partial charge on any atom is -0.399 e. The third-order valence-electron chi connectivity index (χ3n) is 3.95. The number of nitrogen functional groups attached to an aromatic ring is 1. The molecule has 2 aliphatic rings. The van der Waals surface area contributed by atoms with Gasteiger partial charge in [-0.1, -0.05) is 0 Å². The lowest BCUT2D eigenvalue weighted by molar-refractivity contribution is 0.0701. The van der Waals surface area contributed by atoms with E-state index < -0.39 is 5.82 Å². The van der Waals surface area contributed by atoms with Crippen LogP contribution < -0.4 is 5.73 Å². The lowest BCUT2D eigenvalue weighted by atomic mass is 10.1. The Morgan fingerprint density at radius 2 is 2.20 bits per heavy atom. The highest BCUT2D eigenvalue weighted by Gasteiger charge is 2.35. The van der Waals surface area contributed by atoms with E-state index in [0.29, 0.717) is 24.8 Å². The van der Waals surface area contributed by atoms with Gasteiger partial charge >= 0.3 is 0 Å². The highest BCUT2D eigenvalue weighted by Crippen LogP contribution is 2.31. The fourth-order valence-electron chi connectivity index (χ4n) is 2.65. The van der Waals surface area contributed by atoms with E-state index in [2.05, 4.69) is 0 Å². The number of hydrogen-bond acceptors (Lipinski definition) is 3. The first-order valence-corrected chi connectivity index (χ1v) is 7.09. The van der Waals surface area contributed by atoms with Crippen LogP contribution in [0, 0.1) is 11.7 Å². The number of hydrogen-bond donors (Lipinski definition) is 1. The smallest absolute Gasteiger partial charge is 0.257 e. The summed E-state index contributed by atoms with van der Waals surface area (Å²) in [5.74, 6) is -0.392. The molecule has 1 aliphatic heterocycles. The second-order valence-electron chi connectivity index (χ2n) is 5.66. The summed E-state index contributed by atoms with van der Waals surface area (Å²) >= 11 is 0. The Bertz CT molecular complexity index is 511. The summed E-state index contributed by atoms with van der Waals surface area (Å²) in [5.41, 5.74) is 5.98. The molecule has 1 unspecified atom stereocenters. The van der Waals surface area contributed by atoms with Gasteiger partial charge in [-0.05, 0) is 37.5 Å². The lowest BCUT2D eigenvalue weighted by Gasteiger charge is -2.25. The van der Waals surface area contributed by atoms with Crippen molar-refractivity contribution in [2.75, 3.05) is 25.5 Å². The fourth-order valence-corrected chi connectivity index (χ4v) is 2.65. The van der Waals surface area contributed by atoms with Crippen molar-refractivity contribution in [1.29, 1.82) is 0 Å². The van der Waals surface area contributed by atoms with E-state index in [-0.39, 0.29) is 17.5 Å². The molecular formula is C15H19FN2O2. The lowest BCUT2D eigenvalue weighted by Crippen LogP contribution is -2.37. The number of nitrogens with zero attached hydrogens (tertiary/aromatic N) is 1. The van der Waals surface area contributed by atoms with Crippen LogP contribution in [-0.4, -0.2) is 36.6 Å². The minimum atomic E-state index is -0.539. The average Bonchev–Trinajstić information content (AvgIpc) is 3.12. The second-order valence-corrected chi connectivity index (χ2v) is 5.66. The highest BCUT2D eigenvalue weighted by atomic mass is 19.1. The summed E-state index contributed by atoms with van der Waals surface area (Å²) in [7, 11) is 0. The fraction of sp³-hybridized carbons (Fsp3) is 0.533. The van der Waals surface area contributed by atoms with Gasteiger partial charge in [0.2, 0.25) is 0 Å². The van der Waals surface area contributed by atoms with Crippen molar-refractivity contribution in [3.8, 4) is 0 Å². The van der Waals surface area contributed by atoms with Crippen LogP contribution in [0.4, 0.5) is 10.1 Å². The van der Waals surface area contributed by atoms with Crippen LogP contribution in [-0.2, 0) is 4.74 Å². The number of halogens is 1. The molecular weight excluding hydrogens is 259 g/mol. The highest BCUT2D eigenvalue weighted by molar-refractivity contribution is 5.95. The van der Waals surface area contributed by atoms with Gasteiger partial charge < -0.3 is 15.4 Å². The van der Waals surface area contributed by atoms with E-state index in [4.69, 9.17) is 10.5 Å². The maximum Gasteiger partial charge on any atom is 0.257 e. The van der Waals surface area contributed by atoms with Gasteiger partial charge in [0.25, 0.3) is 5.91 Å². The number of anilines is 1. The average molecular weight is 278 g/mol. The van der Waals surface area contributed by atoms with E-state index in [1.165, 1.54) is 12.1 Å². The Hall–Kier alpha value is -1.62. The monoisotopic (exact) mass is 278 g/mol. The van der Waals surface area contributed by atoms with E-state index in [9.17, 15) is 9.18 Å². The largest absolute Gasteiger partial charge is 0.399 e. The predicted molar refractivity (Wildman–Crippen MR) is 73.8 cm³/mol. The second kappa shape index (κ2) is 5.40. The minimum absolute atomic E-state index is 0.116. The summed E-state index contributed by atoms with van der Waals surface area (Å²) in [6.07, 6.45) is 2.99. The van der Waals surface area contributed by atoms with Gasteiger partial charge in [-0.2, -0.15) is 0 Å². The zero-order valence-corrected chi connectivity index (χ0v) is 11.3. The molecule has 1 aromatic carbocycles. The van der Waals surface area contributed by atoms with Gasteiger partial charge in [0.15, 0.2) is 0 Å². The molecule has 0 aromatic heterocycles. The molecule has 2 fully saturated rings. The van der Waals surface area contributed by atoms with Crippen LogP contribution in [0.25, 0.3) is 0 Å². The third kappa shape index (κ3) is 2.77. The van der Waals surface area contributed by atoms with E-state index in [0.717, 1.165) is 25.9 Å². The normalized spacial score (nSPS) is 21.9. The molecule has 3 rings (SSSR count). The molecule has 1 amide bonds. The maximum atomic E-state index is 13.9. The summed E-state index contributed by atoms with van der Waals surface area (Å²) in [6.45, 7) is 2.11. The summed E-state index contributed by atoms with van der Waals surface area (Å²) in [6, 6.07) is 4.52. The van der Waals surface area contributed by atoms with E-state index in [1.807, 2.05) is 4.90 Å². The van der Waals surface area contributed by atoms with Crippen LogP contribution in [0.3, 0.4) is 0 Å². The topological polar surface area (TPSA) is 55.6 Å². The van der Waals surface area contributed by atoms with Crippen molar-refractivity contribution in [2.24, 2.45) is 5.92 Å². The summed E-state index contributed by atoms with van der Waals surface area (Å²) in [5, 5.41) is 0. The third-order valence-corrected chi connectivity index (χ3v) is 3.95. The van der Waals surface area contributed by atoms with Crippen molar-refractivity contribution in [3.63, 3.8) is 0 Å². The molecule has 1 saturated carbocycles. The Balaban J connectivity index is 1.77. The van der Waals surface area contributed by atoms with Crippen LogP contribution >= 0.6 is 0 Å². The number of nitrogens with two attached hydrogens (primary N) is 1. The molecule has 4 nitrogen and oxygen atoms in total. The molecule has 0 radical (unpaired) electrons. The summed E-state index contributed by atoms with van der Waals surface area (Å²) < 4.78 is 19.3. The summed E-state index contributed by atoms with van der Waals surface area (Å²) in [4.78, 5) is 14.4. The molecule has 1 heterocycles. The molecule has 1 aliphatic carbocycles. The standard InChI is InChI=1S/C15H19FN2O2/c16-14-7-11(17)1-4-13(14)15(19)18(12-2-3-12)8-10-5-6-20-9-10/h1,4,7,10,12H,2-3,5-6,8-9,17H2. The number of rotatable bonds is 4. The van der Waals surface area contributed by atoms with Crippen molar-refractivity contribution >= 4 is 11.6 Å². The number of carbonyl (C=O) groups is 1. The van der Waals surface area contributed by atoms with Crippen molar-refractivity contribution < 1.29 is 13.9 Å². The molecule has 1 atom stereocenters. The number of carbonyl (C=O) groups excluding carboxylic acids is 1. The van der Waals surface area contributed by atoms with Gasteiger partial charge in [-0.3, -0.25) is 4.79 Å². The zero-order chi connectivity index (χ0) is 14.1. The Labute approximate surface area is 117 Å². The molecule has 20 heavy (non-hydrogen) atoms. The Morgan fingerprint density at radius 3 is 2.80 bits per heavy atom. The predicted octanol–water partition coefficient (Wildman–Crippen LogP) is 2.05. The first kappa shape index (κ1) is 13.4. The van der Waals surface area contributed by atoms with Crippen LogP contribution in [0.5, 0.6) is 0 Å². The number of benzene rings is 1. The maximum absolute atomic E-state index is 13.9. The molecule has 5 heteroatoms. The van der Waals surface area contributed by atoms with Gasteiger partial charge in [0.05, 0.1) is 12.2 Å². The van der Waals surface area contributed by atoms with Crippen molar-refractivity contribution in [2.45, 2.75) is 25.3 Å². The number of amides is 1. The first-order chi connectivity index (χ1) is 9.65. The van der Waals surface area contributed by atoms with Crippen molar-refractivity contribution in [1.82, 2.24) is 4.90 Å². The zero-order valence-electron chi connectivity index (χ0n) is 11.3. The molecule has 0 bridgehead atoms. The van der Waals surface area contributed by atoms with Crippen molar-refractivity contribution in [3.05, 3.63) is 29.6 Å². The molecule has 0 spiro atoms. The van der Waals surface area contributed by atoms with Gasteiger partial charge in [-0.25, -0.2) is 4.39 Å². The van der Waals surface area contributed by atoms with Crippen LogP contribution in [0.2, 0.25) is 0 Å². The van der Waals surface area contributed by atoms with Crippen LogP contribution in [0.1, 0.15) is 29.6 Å². The quantitative estimate of drug-likeness (QED) is 0.858. The first-order valence-electron chi connectivity index (χ1n) is 7.09. The molecule has 1 saturated heterocycles. The Morgan fingerprint density at radius 1 is 1.40 bits per heavy atom. The molecule has 1 aromatic rings. The van der Waals surface area contributed by atoms with E-state index in [1.54, 1.807) is 6.07 Å². The molecule has 2 N–H and O–H groups in total. The Kier molecular flexibility index (Phi) is 3.61. The van der Waals surface area contributed by atoms with Crippen LogP contribution in [0.15, 0.2) is 18.2 Å². The number of ether oxygens (including phenoxy) is 1. The van der Waals surface area contributed by atoms with Gasteiger partial charge in [0.1, 0.15) is 5.82 Å².